The molecule has 0 radical (unpaired) electrons. The Kier molecular flexibility index (Phi) is 3.75. The van der Waals surface area contributed by atoms with E-state index in [-0.39, 0.29) is 11.9 Å². The van der Waals surface area contributed by atoms with Crippen LogP contribution in [-0.4, -0.2) is 23.4 Å². The minimum atomic E-state index is -0.0671. The van der Waals surface area contributed by atoms with Gasteiger partial charge < -0.3 is 10.6 Å². The lowest BCUT2D eigenvalue weighted by Crippen LogP contribution is -2.33. The molecule has 108 valence electrons. The molecule has 0 aliphatic heterocycles. The van der Waals surface area contributed by atoms with Gasteiger partial charge in [-0.15, -0.1) is 11.3 Å². The van der Waals surface area contributed by atoms with E-state index in [1.54, 1.807) is 11.0 Å². The zero-order chi connectivity index (χ0) is 15.0. The topological polar surface area (TPSA) is 70.1 Å². The molecule has 2 N–H and O–H groups in total. The standard InChI is InChI=1S/C15H14ClN3OS/c16-9-2-5-11-12(8-9)21-14(13(11)18)15(20)19(7-1-6-17)10-3-4-10/h2,5,8,10H,1,3-4,7,18H2. The number of nitrogens with two attached hydrogens (primary N) is 1. The van der Waals surface area contributed by atoms with Crippen LogP contribution in [-0.2, 0) is 0 Å². The Labute approximate surface area is 131 Å². The van der Waals surface area contributed by atoms with E-state index < -0.39 is 0 Å². The van der Waals surface area contributed by atoms with Crippen molar-refractivity contribution in [2.75, 3.05) is 12.3 Å². The lowest BCUT2D eigenvalue weighted by molar-refractivity contribution is 0.0753. The largest absolute Gasteiger partial charge is 0.397 e. The number of carbonyl (C=O) groups is 1. The van der Waals surface area contributed by atoms with Crippen molar-refractivity contribution in [1.82, 2.24) is 4.90 Å². The highest BCUT2D eigenvalue weighted by atomic mass is 35.5. The molecule has 1 aromatic carbocycles. The zero-order valence-electron chi connectivity index (χ0n) is 11.3. The first-order valence-electron chi connectivity index (χ1n) is 6.77. The average molecular weight is 320 g/mol. The maximum atomic E-state index is 12.7. The van der Waals surface area contributed by atoms with Gasteiger partial charge in [0.2, 0.25) is 0 Å². The fraction of sp³-hybridized carbons (Fsp3) is 0.333. The van der Waals surface area contributed by atoms with Crippen LogP contribution < -0.4 is 5.73 Å². The predicted octanol–water partition coefficient (Wildman–Crippen LogP) is 3.66. The smallest absolute Gasteiger partial charge is 0.266 e. The number of carbonyl (C=O) groups excluding carboxylic acids is 1. The monoisotopic (exact) mass is 319 g/mol. The summed E-state index contributed by atoms with van der Waals surface area (Å²) in [5.74, 6) is -0.0671. The van der Waals surface area contributed by atoms with Crippen LogP contribution in [0, 0.1) is 11.3 Å². The zero-order valence-corrected chi connectivity index (χ0v) is 12.9. The number of anilines is 1. The first kappa shape index (κ1) is 14.2. The maximum absolute atomic E-state index is 12.7. The molecule has 0 spiro atoms. The molecule has 1 amide bonds. The number of nitrogen functional groups attached to an aromatic ring is 1. The Morgan fingerprint density at radius 3 is 2.95 bits per heavy atom. The van der Waals surface area contributed by atoms with Gasteiger partial charge in [-0.3, -0.25) is 4.79 Å². The number of nitriles is 1. The number of rotatable bonds is 4. The van der Waals surface area contributed by atoms with Crippen LogP contribution >= 0.6 is 22.9 Å². The fourth-order valence-electron chi connectivity index (χ4n) is 2.39. The average Bonchev–Trinajstić information content (AvgIpc) is 3.24. The third kappa shape index (κ3) is 2.69. The van der Waals surface area contributed by atoms with Crippen molar-refractivity contribution in [3.8, 4) is 6.07 Å². The van der Waals surface area contributed by atoms with Crippen LogP contribution in [0.4, 0.5) is 5.69 Å². The Hall–Kier alpha value is -1.77. The number of nitrogens with zero attached hydrogens (tertiary/aromatic N) is 2. The highest BCUT2D eigenvalue weighted by molar-refractivity contribution is 7.21. The first-order chi connectivity index (χ1) is 10.1. The highest BCUT2D eigenvalue weighted by Gasteiger charge is 2.34. The summed E-state index contributed by atoms with van der Waals surface area (Å²) in [5.41, 5.74) is 6.65. The Balaban J connectivity index is 1.96. The summed E-state index contributed by atoms with van der Waals surface area (Å²) in [7, 11) is 0. The van der Waals surface area contributed by atoms with Gasteiger partial charge in [-0.2, -0.15) is 5.26 Å². The van der Waals surface area contributed by atoms with Crippen molar-refractivity contribution in [2.45, 2.75) is 25.3 Å². The molecular weight excluding hydrogens is 306 g/mol. The Bertz CT molecular complexity index is 745. The van der Waals surface area contributed by atoms with Gasteiger partial charge in [0.1, 0.15) is 4.88 Å². The third-order valence-electron chi connectivity index (χ3n) is 3.60. The van der Waals surface area contributed by atoms with E-state index in [4.69, 9.17) is 22.6 Å². The molecule has 0 saturated heterocycles. The first-order valence-corrected chi connectivity index (χ1v) is 7.96. The number of thiophene rings is 1. The number of amides is 1. The summed E-state index contributed by atoms with van der Waals surface area (Å²) >= 11 is 7.36. The van der Waals surface area contributed by atoms with Crippen molar-refractivity contribution in [3.63, 3.8) is 0 Å². The molecule has 3 rings (SSSR count). The maximum Gasteiger partial charge on any atom is 0.266 e. The van der Waals surface area contributed by atoms with E-state index in [9.17, 15) is 4.79 Å². The van der Waals surface area contributed by atoms with Gasteiger partial charge in [0, 0.05) is 27.7 Å². The van der Waals surface area contributed by atoms with Crippen LogP contribution in [0.5, 0.6) is 0 Å². The molecule has 1 aliphatic rings. The van der Waals surface area contributed by atoms with Crippen molar-refractivity contribution < 1.29 is 4.79 Å². The predicted molar refractivity (Wildman–Crippen MR) is 85.5 cm³/mol. The van der Waals surface area contributed by atoms with E-state index in [0.717, 1.165) is 22.9 Å². The molecule has 1 aromatic heterocycles. The lowest BCUT2D eigenvalue weighted by Gasteiger charge is -2.20. The second-order valence-electron chi connectivity index (χ2n) is 5.12. The molecule has 0 atom stereocenters. The van der Waals surface area contributed by atoms with Gasteiger partial charge in [0.05, 0.1) is 18.2 Å². The van der Waals surface area contributed by atoms with E-state index in [0.29, 0.717) is 28.6 Å². The summed E-state index contributed by atoms with van der Waals surface area (Å²) in [6.07, 6.45) is 2.36. The second kappa shape index (κ2) is 5.55. The Morgan fingerprint density at radius 2 is 2.29 bits per heavy atom. The van der Waals surface area contributed by atoms with Gasteiger partial charge in [-0.25, -0.2) is 0 Å². The number of hydrogen-bond acceptors (Lipinski definition) is 4. The normalized spacial score (nSPS) is 14.1. The molecule has 21 heavy (non-hydrogen) atoms. The molecule has 6 heteroatoms. The molecule has 1 aliphatic carbocycles. The van der Waals surface area contributed by atoms with E-state index >= 15 is 0 Å². The van der Waals surface area contributed by atoms with Crippen molar-refractivity contribution in [1.29, 1.82) is 5.26 Å². The molecule has 4 nitrogen and oxygen atoms in total. The quantitative estimate of drug-likeness (QED) is 0.935. The Morgan fingerprint density at radius 1 is 1.52 bits per heavy atom. The number of benzene rings is 1. The van der Waals surface area contributed by atoms with Gasteiger partial charge in [0.15, 0.2) is 0 Å². The van der Waals surface area contributed by atoms with Crippen LogP contribution in [0.1, 0.15) is 28.9 Å². The van der Waals surface area contributed by atoms with Crippen LogP contribution in [0.25, 0.3) is 10.1 Å². The summed E-state index contributed by atoms with van der Waals surface area (Å²) in [6.45, 7) is 0.467. The van der Waals surface area contributed by atoms with Crippen LogP contribution in [0.15, 0.2) is 18.2 Å². The third-order valence-corrected chi connectivity index (χ3v) is 4.99. The summed E-state index contributed by atoms with van der Waals surface area (Å²) in [4.78, 5) is 15.1. The van der Waals surface area contributed by atoms with Crippen molar-refractivity contribution >= 4 is 44.6 Å². The SMILES string of the molecule is N#CCCN(C(=O)c1sc2cc(Cl)ccc2c1N)C1CC1. The molecule has 1 saturated carbocycles. The van der Waals surface area contributed by atoms with Gasteiger partial charge in [-0.05, 0) is 31.0 Å². The number of halogens is 1. The number of fused-ring (bicyclic) bond motifs is 1. The second-order valence-corrected chi connectivity index (χ2v) is 6.61. The van der Waals surface area contributed by atoms with Crippen molar-refractivity contribution in [3.05, 3.63) is 28.1 Å². The van der Waals surface area contributed by atoms with E-state index in [2.05, 4.69) is 6.07 Å². The molecule has 0 bridgehead atoms. The summed E-state index contributed by atoms with van der Waals surface area (Å²) in [6, 6.07) is 7.80. The van der Waals surface area contributed by atoms with Crippen molar-refractivity contribution in [2.24, 2.45) is 0 Å². The highest BCUT2D eigenvalue weighted by Crippen LogP contribution is 2.37. The van der Waals surface area contributed by atoms with Gasteiger partial charge in [0.25, 0.3) is 5.91 Å². The fourth-order valence-corrected chi connectivity index (χ4v) is 3.74. The number of hydrogen-bond donors (Lipinski definition) is 1. The minimum Gasteiger partial charge on any atom is -0.397 e. The molecular formula is C15H14ClN3OS. The van der Waals surface area contributed by atoms with Gasteiger partial charge in [-0.1, -0.05) is 11.6 Å². The molecule has 1 heterocycles. The summed E-state index contributed by atoms with van der Waals surface area (Å²) < 4.78 is 0.916. The minimum absolute atomic E-state index is 0.0671. The lowest BCUT2D eigenvalue weighted by atomic mass is 10.2. The molecule has 1 fully saturated rings. The van der Waals surface area contributed by atoms with E-state index in [1.807, 2.05) is 12.1 Å². The van der Waals surface area contributed by atoms with Crippen LogP contribution in [0.3, 0.4) is 0 Å². The molecule has 0 unspecified atom stereocenters. The summed E-state index contributed by atoms with van der Waals surface area (Å²) in [5, 5.41) is 10.2. The molecule has 2 aromatic rings. The van der Waals surface area contributed by atoms with Crippen LogP contribution in [0.2, 0.25) is 5.02 Å². The van der Waals surface area contributed by atoms with E-state index in [1.165, 1.54) is 11.3 Å². The van der Waals surface area contributed by atoms with Gasteiger partial charge >= 0.3 is 0 Å².